The predicted octanol–water partition coefficient (Wildman–Crippen LogP) is 0.988. The number of nitrogens with zero attached hydrogens (tertiary/aromatic N) is 2. The number of ether oxygens (including phenoxy) is 2. The summed E-state index contributed by atoms with van der Waals surface area (Å²) in [7, 11) is 0. The number of imide groups is 1. The highest BCUT2D eigenvalue weighted by Gasteiger charge is 2.55. The van der Waals surface area contributed by atoms with Crippen LogP contribution in [0.1, 0.15) is 25.8 Å². The van der Waals surface area contributed by atoms with Crippen LogP contribution in [0.25, 0.3) is 0 Å². The summed E-state index contributed by atoms with van der Waals surface area (Å²) >= 11 is 0. The fourth-order valence-corrected chi connectivity index (χ4v) is 4.03. The lowest BCUT2D eigenvalue weighted by molar-refractivity contribution is -0.162. The van der Waals surface area contributed by atoms with Gasteiger partial charge in [0.1, 0.15) is 6.04 Å². The molecule has 0 N–H and O–H groups in total. The van der Waals surface area contributed by atoms with Crippen molar-refractivity contribution < 1.29 is 28.7 Å². The van der Waals surface area contributed by atoms with E-state index < -0.39 is 48.1 Å². The minimum Gasteiger partial charge on any atom is -0.466 e. The average Bonchev–Trinajstić information content (AvgIpc) is 3.20. The number of hydrogen-bond acceptors (Lipinski definition) is 7. The monoisotopic (exact) mass is 402 g/mol. The lowest BCUT2D eigenvalue weighted by Crippen LogP contribution is -2.49. The van der Waals surface area contributed by atoms with Gasteiger partial charge in [-0.15, -0.1) is 0 Å². The summed E-state index contributed by atoms with van der Waals surface area (Å²) in [6.45, 7) is 5.05. The first-order chi connectivity index (χ1) is 14.0. The summed E-state index contributed by atoms with van der Waals surface area (Å²) in [6, 6.07) is 8.56. The number of rotatable bonds is 8. The van der Waals surface area contributed by atoms with Crippen LogP contribution in [0, 0.1) is 11.8 Å². The van der Waals surface area contributed by atoms with Gasteiger partial charge >= 0.3 is 11.9 Å². The third-order valence-electron chi connectivity index (χ3n) is 5.29. The number of amides is 2. The molecule has 2 aliphatic rings. The van der Waals surface area contributed by atoms with Crippen molar-refractivity contribution in [1.82, 2.24) is 9.80 Å². The third-order valence-corrected chi connectivity index (χ3v) is 5.29. The highest BCUT2D eigenvalue weighted by atomic mass is 16.5. The fourth-order valence-electron chi connectivity index (χ4n) is 4.03. The number of carbonyl (C=O) groups is 4. The zero-order valence-electron chi connectivity index (χ0n) is 16.7. The molecule has 1 aromatic carbocycles. The van der Waals surface area contributed by atoms with Gasteiger partial charge in [-0.1, -0.05) is 30.3 Å². The van der Waals surface area contributed by atoms with Crippen molar-refractivity contribution in [2.45, 2.75) is 32.9 Å². The summed E-state index contributed by atoms with van der Waals surface area (Å²) in [5, 5.41) is 0. The molecule has 156 valence electrons. The van der Waals surface area contributed by atoms with Crippen LogP contribution in [-0.2, 0) is 35.2 Å². The van der Waals surface area contributed by atoms with Gasteiger partial charge in [0.25, 0.3) is 0 Å². The molecule has 0 radical (unpaired) electrons. The van der Waals surface area contributed by atoms with E-state index in [1.54, 1.807) is 13.8 Å². The number of fused-ring (bicyclic) bond motifs is 1. The van der Waals surface area contributed by atoms with Crippen LogP contribution in [0.3, 0.4) is 0 Å². The molecule has 2 fully saturated rings. The Hall–Kier alpha value is -2.74. The first kappa shape index (κ1) is 21.0. The maximum Gasteiger partial charge on any atom is 0.329 e. The zero-order valence-corrected chi connectivity index (χ0v) is 16.7. The molecule has 0 aromatic heterocycles. The summed E-state index contributed by atoms with van der Waals surface area (Å²) in [6.07, 6.45) is -0.392. The number of likely N-dealkylation sites (tertiary alicyclic amines) is 2. The van der Waals surface area contributed by atoms with E-state index in [1.807, 2.05) is 30.3 Å². The molecule has 29 heavy (non-hydrogen) atoms. The van der Waals surface area contributed by atoms with Gasteiger partial charge in [0.15, 0.2) is 0 Å². The largest absolute Gasteiger partial charge is 0.466 e. The Kier molecular flexibility index (Phi) is 6.64. The van der Waals surface area contributed by atoms with Crippen LogP contribution < -0.4 is 0 Å². The Bertz CT molecular complexity index is 757. The van der Waals surface area contributed by atoms with Crippen molar-refractivity contribution in [3.05, 3.63) is 35.9 Å². The summed E-state index contributed by atoms with van der Waals surface area (Å²) in [4.78, 5) is 53.4. The maximum absolute atomic E-state index is 13.0. The van der Waals surface area contributed by atoms with Gasteiger partial charge in [0.2, 0.25) is 11.8 Å². The van der Waals surface area contributed by atoms with Gasteiger partial charge < -0.3 is 9.47 Å². The first-order valence-electron chi connectivity index (χ1n) is 9.91. The van der Waals surface area contributed by atoms with E-state index in [2.05, 4.69) is 4.90 Å². The number of carbonyl (C=O) groups excluding carboxylic acids is 4. The second-order valence-electron chi connectivity index (χ2n) is 7.22. The maximum atomic E-state index is 13.0. The molecule has 3 atom stereocenters. The lowest BCUT2D eigenvalue weighted by Gasteiger charge is -2.26. The Morgan fingerprint density at radius 1 is 1.00 bits per heavy atom. The smallest absolute Gasteiger partial charge is 0.329 e. The van der Waals surface area contributed by atoms with Crippen LogP contribution in [0.2, 0.25) is 0 Å². The molecule has 2 amide bonds. The summed E-state index contributed by atoms with van der Waals surface area (Å²) in [5.41, 5.74) is 1.11. The number of esters is 2. The molecule has 8 heteroatoms. The van der Waals surface area contributed by atoms with Crippen LogP contribution >= 0.6 is 0 Å². The molecule has 8 nitrogen and oxygen atoms in total. The van der Waals surface area contributed by atoms with Gasteiger partial charge in [0.05, 0.1) is 31.5 Å². The number of hydrogen-bond donors (Lipinski definition) is 0. The van der Waals surface area contributed by atoms with Gasteiger partial charge in [0, 0.05) is 19.6 Å². The van der Waals surface area contributed by atoms with E-state index in [0.717, 1.165) is 10.5 Å². The van der Waals surface area contributed by atoms with Gasteiger partial charge in [-0.05, 0) is 19.4 Å². The molecule has 0 spiro atoms. The van der Waals surface area contributed by atoms with Crippen LogP contribution in [-0.4, -0.2) is 65.9 Å². The number of benzene rings is 1. The molecular formula is C21H26N2O6. The zero-order chi connectivity index (χ0) is 21.0. The second-order valence-corrected chi connectivity index (χ2v) is 7.22. The van der Waals surface area contributed by atoms with Crippen LogP contribution in [0.4, 0.5) is 0 Å². The second kappa shape index (κ2) is 9.17. The average molecular weight is 402 g/mol. The van der Waals surface area contributed by atoms with Crippen molar-refractivity contribution in [1.29, 1.82) is 0 Å². The van der Waals surface area contributed by atoms with E-state index in [1.165, 1.54) is 0 Å². The minimum absolute atomic E-state index is 0.0894. The van der Waals surface area contributed by atoms with Crippen molar-refractivity contribution in [2.75, 3.05) is 26.3 Å². The third kappa shape index (κ3) is 4.48. The molecule has 0 bridgehead atoms. The minimum atomic E-state index is -1.28. The SMILES string of the molecule is CCOC(=O)C[C@@H](C(=O)OCC)N1C(=O)[C@H]2CN(Cc3ccccc3)C[C@H]2C1=O. The van der Waals surface area contributed by atoms with Crippen LogP contribution in [0.15, 0.2) is 30.3 Å². The molecule has 0 aliphatic carbocycles. The fraction of sp³-hybridized carbons (Fsp3) is 0.524. The van der Waals surface area contributed by atoms with E-state index in [9.17, 15) is 19.2 Å². The molecule has 2 heterocycles. The Morgan fingerprint density at radius 3 is 2.14 bits per heavy atom. The quantitative estimate of drug-likeness (QED) is 0.473. The highest BCUT2D eigenvalue weighted by molar-refractivity contribution is 6.09. The van der Waals surface area contributed by atoms with Crippen LogP contribution in [0.5, 0.6) is 0 Å². The predicted molar refractivity (Wildman–Crippen MR) is 102 cm³/mol. The topological polar surface area (TPSA) is 93.2 Å². The van der Waals surface area contributed by atoms with E-state index in [4.69, 9.17) is 9.47 Å². The van der Waals surface area contributed by atoms with Gasteiger partial charge in [-0.3, -0.25) is 24.2 Å². The van der Waals surface area contributed by atoms with Crippen molar-refractivity contribution in [2.24, 2.45) is 11.8 Å². The summed E-state index contributed by atoms with van der Waals surface area (Å²) in [5.74, 6) is -3.26. The highest BCUT2D eigenvalue weighted by Crippen LogP contribution is 2.36. The molecule has 2 saturated heterocycles. The van der Waals surface area contributed by atoms with Crippen molar-refractivity contribution >= 4 is 23.8 Å². The first-order valence-corrected chi connectivity index (χ1v) is 9.91. The molecule has 3 rings (SSSR count). The molecule has 0 unspecified atom stereocenters. The van der Waals surface area contributed by atoms with E-state index in [-0.39, 0.29) is 13.2 Å². The molecular weight excluding hydrogens is 376 g/mol. The standard InChI is InChI=1S/C21H26N2O6/c1-3-28-18(24)10-17(21(27)29-4-2)23-19(25)15-12-22(13-16(15)20(23)26)11-14-8-6-5-7-9-14/h5-9,15-17H,3-4,10-13H2,1-2H3/t15-,16+,17-/m0/s1. The van der Waals surface area contributed by atoms with E-state index in [0.29, 0.717) is 19.6 Å². The summed E-state index contributed by atoms with van der Waals surface area (Å²) < 4.78 is 9.92. The molecule has 2 aliphatic heterocycles. The molecule has 0 saturated carbocycles. The van der Waals surface area contributed by atoms with Gasteiger partial charge in [-0.2, -0.15) is 0 Å². The lowest BCUT2D eigenvalue weighted by atomic mass is 10.00. The van der Waals surface area contributed by atoms with Crippen molar-refractivity contribution in [3.63, 3.8) is 0 Å². The van der Waals surface area contributed by atoms with E-state index >= 15 is 0 Å². The van der Waals surface area contributed by atoms with Gasteiger partial charge in [-0.25, -0.2) is 4.79 Å². The Balaban J connectivity index is 1.73. The Morgan fingerprint density at radius 2 is 1.59 bits per heavy atom. The van der Waals surface area contributed by atoms with Crippen molar-refractivity contribution in [3.8, 4) is 0 Å². The molecule has 1 aromatic rings. The Labute approximate surface area is 169 Å². The normalized spacial score (nSPS) is 22.5.